The Morgan fingerprint density at radius 1 is 1.45 bits per heavy atom. The maximum Gasteiger partial charge on any atom is 0.321 e. The molecule has 0 spiro atoms. The van der Waals surface area contributed by atoms with Crippen LogP contribution in [0.2, 0.25) is 0 Å². The molecule has 7 heteroatoms. The average molecular weight is 344 g/mol. The van der Waals surface area contributed by atoms with E-state index in [9.17, 15) is 9.59 Å². The fraction of sp³-hybridized carbons (Fsp3) is 0.385. The van der Waals surface area contributed by atoms with Crippen molar-refractivity contribution in [1.82, 2.24) is 10.6 Å². The Morgan fingerprint density at radius 3 is 2.65 bits per heavy atom. The highest BCUT2D eigenvalue weighted by molar-refractivity contribution is 9.10. The number of carbonyl (C=O) groups is 2. The van der Waals surface area contributed by atoms with Gasteiger partial charge in [-0.2, -0.15) is 0 Å². The minimum atomic E-state index is -0.834. The van der Waals surface area contributed by atoms with Crippen LogP contribution in [0.4, 0.5) is 10.5 Å². The summed E-state index contributed by atoms with van der Waals surface area (Å²) in [6.45, 7) is 5.57. The number of benzene rings is 1. The molecule has 0 bridgehead atoms. The molecule has 0 fully saturated rings. The molecular weight excluding hydrogens is 326 g/mol. The van der Waals surface area contributed by atoms with Crippen LogP contribution in [0.15, 0.2) is 16.6 Å². The van der Waals surface area contributed by atoms with Crippen LogP contribution in [0.3, 0.4) is 0 Å². The van der Waals surface area contributed by atoms with Gasteiger partial charge in [0, 0.05) is 11.0 Å². The van der Waals surface area contributed by atoms with E-state index in [2.05, 4.69) is 26.6 Å². The van der Waals surface area contributed by atoms with Gasteiger partial charge < -0.3 is 15.8 Å². The lowest BCUT2D eigenvalue weighted by atomic mass is 10.2. The lowest BCUT2D eigenvalue weighted by Crippen LogP contribution is -2.45. The van der Waals surface area contributed by atoms with Gasteiger partial charge in [0.15, 0.2) is 6.10 Å². The zero-order valence-corrected chi connectivity index (χ0v) is 13.2. The zero-order valence-electron chi connectivity index (χ0n) is 11.6. The number of hydrogen-bond donors (Lipinski definition) is 3. The number of halogens is 1. The summed E-state index contributed by atoms with van der Waals surface area (Å²) in [6.07, 6.45) is -0.834. The van der Waals surface area contributed by atoms with Crippen LogP contribution in [0.1, 0.15) is 19.4 Å². The molecule has 0 radical (unpaired) electrons. The number of amides is 3. The third-order valence-electron chi connectivity index (χ3n) is 2.51. The molecule has 0 aromatic heterocycles. The molecule has 1 rings (SSSR count). The van der Waals surface area contributed by atoms with Gasteiger partial charge in [-0.25, -0.2) is 4.79 Å². The van der Waals surface area contributed by atoms with Crippen LogP contribution >= 0.6 is 15.9 Å². The van der Waals surface area contributed by atoms with Gasteiger partial charge in [-0.05, 0) is 38.5 Å². The largest absolute Gasteiger partial charge is 0.478 e. The van der Waals surface area contributed by atoms with Crippen molar-refractivity contribution in [1.29, 1.82) is 0 Å². The Hall–Kier alpha value is -1.76. The van der Waals surface area contributed by atoms with Crippen LogP contribution in [0, 0.1) is 6.92 Å². The smallest absolute Gasteiger partial charge is 0.321 e. The number of imide groups is 1. The summed E-state index contributed by atoms with van der Waals surface area (Å²) in [5, 5.41) is 4.66. The molecule has 110 valence electrons. The molecule has 1 atom stereocenters. The predicted octanol–water partition coefficient (Wildman–Crippen LogP) is 1.95. The first kappa shape index (κ1) is 16.3. The van der Waals surface area contributed by atoms with Crippen molar-refractivity contribution in [2.45, 2.75) is 26.9 Å². The number of hydrogen-bond acceptors (Lipinski definition) is 4. The third kappa shape index (κ3) is 4.41. The minimum Gasteiger partial charge on any atom is -0.478 e. The van der Waals surface area contributed by atoms with Crippen molar-refractivity contribution in [3.05, 3.63) is 22.2 Å². The molecule has 20 heavy (non-hydrogen) atoms. The summed E-state index contributed by atoms with van der Waals surface area (Å²) in [5.74, 6) is -0.0931. The van der Waals surface area contributed by atoms with E-state index in [0.717, 1.165) is 10.0 Å². The van der Waals surface area contributed by atoms with E-state index in [0.29, 0.717) is 18.0 Å². The Kier molecular flexibility index (Phi) is 5.82. The first-order valence-corrected chi connectivity index (χ1v) is 6.95. The molecule has 1 aromatic rings. The summed E-state index contributed by atoms with van der Waals surface area (Å²) >= 11 is 3.32. The van der Waals surface area contributed by atoms with Gasteiger partial charge in [-0.3, -0.25) is 10.1 Å². The molecule has 1 aromatic carbocycles. The topological polar surface area (TPSA) is 93.5 Å². The molecule has 6 nitrogen and oxygen atoms in total. The minimum absolute atomic E-state index is 0.425. The lowest BCUT2D eigenvalue weighted by Gasteiger charge is -2.17. The monoisotopic (exact) mass is 343 g/mol. The van der Waals surface area contributed by atoms with E-state index < -0.39 is 18.0 Å². The van der Waals surface area contributed by atoms with E-state index >= 15 is 0 Å². The first-order valence-electron chi connectivity index (χ1n) is 6.16. The number of carbonyl (C=O) groups excluding carboxylic acids is 2. The number of urea groups is 1. The quantitative estimate of drug-likeness (QED) is 0.728. The Bertz CT molecular complexity index is 497. The van der Waals surface area contributed by atoms with Crippen LogP contribution in [-0.4, -0.2) is 24.6 Å². The van der Waals surface area contributed by atoms with Gasteiger partial charge in [0.25, 0.3) is 5.91 Å². The van der Waals surface area contributed by atoms with Crippen molar-refractivity contribution < 1.29 is 14.3 Å². The summed E-state index contributed by atoms with van der Waals surface area (Å²) in [5.41, 5.74) is 7.08. The highest BCUT2D eigenvalue weighted by Crippen LogP contribution is 2.30. The van der Waals surface area contributed by atoms with Gasteiger partial charge in [0.05, 0.1) is 5.69 Å². The number of aryl methyl sites for hydroxylation is 1. The fourth-order valence-electron chi connectivity index (χ4n) is 1.57. The number of nitrogen functional groups attached to an aromatic ring is 1. The maximum absolute atomic E-state index is 11.8. The Labute approximate surface area is 126 Å². The standard InChI is InChI=1S/C13H18BrN3O3/c1-4-16-13(19)17-12(18)8(3)20-11-7(2)5-9(14)6-10(11)15/h5-6,8H,4,15H2,1-3H3,(H2,16,17,18,19). The second kappa shape index (κ2) is 7.14. The van der Waals surface area contributed by atoms with Crippen molar-refractivity contribution in [3.8, 4) is 5.75 Å². The second-order valence-corrected chi connectivity index (χ2v) is 5.17. The average Bonchev–Trinajstić information content (AvgIpc) is 2.33. The van der Waals surface area contributed by atoms with Crippen LogP contribution < -0.4 is 21.1 Å². The van der Waals surface area contributed by atoms with Gasteiger partial charge in [-0.1, -0.05) is 15.9 Å². The van der Waals surface area contributed by atoms with Gasteiger partial charge in [0.2, 0.25) is 0 Å². The number of rotatable bonds is 4. The van der Waals surface area contributed by atoms with Crippen molar-refractivity contribution in [3.63, 3.8) is 0 Å². The van der Waals surface area contributed by atoms with Gasteiger partial charge >= 0.3 is 6.03 Å². The number of nitrogens with one attached hydrogen (secondary N) is 2. The maximum atomic E-state index is 11.8. The molecule has 0 aliphatic heterocycles. The highest BCUT2D eigenvalue weighted by Gasteiger charge is 2.19. The molecule has 4 N–H and O–H groups in total. The molecular formula is C13H18BrN3O3. The lowest BCUT2D eigenvalue weighted by molar-refractivity contribution is -0.126. The predicted molar refractivity (Wildman–Crippen MR) is 80.6 cm³/mol. The number of ether oxygens (including phenoxy) is 1. The fourth-order valence-corrected chi connectivity index (χ4v) is 2.16. The highest BCUT2D eigenvalue weighted by atomic mass is 79.9. The molecule has 1 unspecified atom stereocenters. The molecule has 0 saturated heterocycles. The van der Waals surface area contributed by atoms with Crippen molar-refractivity contribution in [2.24, 2.45) is 0 Å². The number of anilines is 1. The van der Waals surface area contributed by atoms with Crippen LogP contribution in [0.25, 0.3) is 0 Å². The van der Waals surface area contributed by atoms with E-state index in [1.807, 2.05) is 13.0 Å². The third-order valence-corrected chi connectivity index (χ3v) is 2.96. The summed E-state index contributed by atoms with van der Waals surface area (Å²) in [6, 6.07) is 2.98. The van der Waals surface area contributed by atoms with Crippen LogP contribution in [-0.2, 0) is 4.79 Å². The molecule has 0 aliphatic rings. The van der Waals surface area contributed by atoms with E-state index in [-0.39, 0.29) is 0 Å². The Morgan fingerprint density at radius 2 is 2.10 bits per heavy atom. The van der Waals surface area contributed by atoms with E-state index in [1.165, 1.54) is 0 Å². The molecule has 0 heterocycles. The van der Waals surface area contributed by atoms with Crippen molar-refractivity contribution in [2.75, 3.05) is 12.3 Å². The normalized spacial score (nSPS) is 11.6. The SMILES string of the molecule is CCNC(=O)NC(=O)C(C)Oc1c(C)cc(Br)cc1N. The molecule has 3 amide bonds. The van der Waals surface area contributed by atoms with E-state index in [4.69, 9.17) is 10.5 Å². The summed E-state index contributed by atoms with van der Waals surface area (Å²) < 4.78 is 6.37. The second-order valence-electron chi connectivity index (χ2n) is 4.25. The number of nitrogens with two attached hydrogens (primary N) is 1. The first-order chi connectivity index (χ1) is 9.35. The summed E-state index contributed by atoms with van der Waals surface area (Å²) in [7, 11) is 0. The Balaban J connectivity index is 2.73. The molecule has 0 saturated carbocycles. The summed E-state index contributed by atoms with van der Waals surface area (Å²) in [4.78, 5) is 23.0. The van der Waals surface area contributed by atoms with Crippen molar-refractivity contribution >= 4 is 33.6 Å². The van der Waals surface area contributed by atoms with Gasteiger partial charge in [0.1, 0.15) is 5.75 Å². The van der Waals surface area contributed by atoms with Gasteiger partial charge in [-0.15, -0.1) is 0 Å². The van der Waals surface area contributed by atoms with E-state index in [1.54, 1.807) is 19.9 Å². The molecule has 0 aliphatic carbocycles. The zero-order chi connectivity index (χ0) is 15.3. The van der Waals surface area contributed by atoms with Crippen LogP contribution in [0.5, 0.6) is 5.75 Å².